The Hall–Kier alpha value is -2.08. The molecule has 2 aliphatic heterocycles. The van der Waals surface area contributed by atoms with Crippen LogP contribution < -0.4 is 19.7 Å². The molecule has 2 aliphatic rings. The number of fused-ring (bicyclic) bond motifs is 1. The number of rotatable bonds is 8. The molecule has 0 saturated carbocycles. The fourth-order valence-corrected chi connectivity index (χ4v) is 5.83. The predicted molar refractivity (Wildman–Crippen MR) is 112 cm³/mol. The molecule has 3 N–H and O–H groups in total. The molecule has 1 saturated heterocycles. The summed E-state index contributed by atoms with van der Waals surface area (Å²) >= 11 is 0. The molecule has 2 heterocycles. The summed E-state index contributed by atoms with van der Waals surface area (Å²) < 4.78 is 10.7. The lowest BCUT2D eigenvalue weighted by Gasteiger charge is -2.24. The first kappa shape index (κ1) is 21.6. The number of amides is 3. The van der Waals surface area contributed by atoms with Crippen LogP contribution in [0.5, 0.6) is 11.5 Å². The molecule has 0 aromatic heterocycles. The first-order valence-electron chi connectivity index (χ1n) is 8.91. The van der Waals surface area contributed by atoms with Crippen LogP contribution in [0.2, 0.25) is 0 Å². The summed E-state index contributed by atoms with van der Waals surface area (Å²) in [5.41, 5.74) is 1.34. The number of aliphatic hydroxyl groups excluding tert-OH is 2. The molecule has 2 unspecified atom stereocenters. The highest BCUT2D eigenvalue weighted by Gasteiger charge is 2.49. The van der Waals surface area contributed by atoms with Gasteiger partial charge < -0.3 is 29.9 Å². The number of nitrogens with zero attached hydrogens (tertiary/aromatic N) is 2. The average Bonchev–Trinajstić information content (AvgIpc) is 3.29. The molecule has 0 aliphatic carbocycles. The fourth-order valence-electron chi connectivity index (χ4n) is 3.20. The Morgan fingerprint density at radius 3 is 2.59 bits per heavy atom. The summed E-state index contributed by atoms with van der Waals surface area (Å²) in [6.45, 7) is -0.335. The van der Waals surface area contributed by atoms with Crippen molar-refractivity contribution in [2.45, 2.75) is 11.3 Å². The number of hydrogen-bond donors (Lipinski definition) is 3. The smallest absolute Gasteiger partial charge is 0.318 e. The maximum atomic E-state index is 13.3. The highest BCUT2D eigenvalue weighted by Crippen LogP contribution is 2.50. The monoisotopic (exact) mass is 441 g/mol. The zero-order valence-electron chi connectivity index (χ0n) is 16.0. The van der Waals surface area contributed by atoms with Gasteiger partial charge in [0.1, 0.15) is 17.5 Å². The van der Waals surface area contributed by atoms with Crippen molar-refractivity contribution in [2.75, 3.05) is 45.4 Å². The first-order chi connectivity index (χ1) is 14.0. The lowest BCUT2D eigenvalue weighted by molar-refractivity contribution is -0.118. The minimum atomic E-state index is -0.777. The lowest BCUT2D eigenvalue weighted by Crippen LogP contribution is -2.51. The lowest BCUT2D eigenvalue weighted by atomic mass is 10.2. The van der Waals surface area contributed by atoms with E-state index in [0.717, 1.165) is 5.70 Å². The minimum absolute atomic E-state index is 0.0680. The first-order valence-corrected chi connectivity index (χ1v) is 11.2. The summed E-state index contributed by atoms with van der Waals surface area (Å²) in [5.74, 6) is 0.804. The van der Waals surface area contributed by atoms with E-state index < -0.39 is 12.1 Å². The second-order valence-electron chi connectivity index (χ2n) is 6.23. The van der Waals surface area contributed by atoms with Crippen molar-refractivity contribution in [3.63, 3.8) is 0 Å². The SMILES string of the molecule is COc1ccc(N2C(=O)C(NC(=O)N(CCO)CCO)C3SSC=C32)c(OC)c1. The molecular weight excluding hydrogens is 418 g/mol. The van der Waals surface area contributed by atoms with Gasteiger partial charge in [0.2, 0.25) is 0 Å². The summed E-state index contributed by atoms with van der Waals surface area (Å²) in [5, 5.41) is 22.7. The summed E-state index contributed by atoms with van der Waals surface area (Å²) in [4.78, 5) is 28.7. The molecule has 11 heteroatoms. The van der Waals surface area contributed by atoms with Crippen LogP contribution in [0.25, 0.3) is 0 Å². The van der Waals surface area contributed by atoms with Crippen molar-refractivity contribution in [1.29, 1.82) is 0 Å². The minimum Gasteiger partial charge on any atom is -0.497 e. The van der Waals surface area contributed by atoms with Crippen LogP contribution in [0.4, 0.5) is 10.5 Å². The number of nitrogens with one attached hydrogen (secondary N) is 1. The number of carbonyl (C=O) groups excluding carboxylic acids is 2. The van der Waals surface area contributed by atoms with Gasteiger partial charge in [-0.2, -0.15) is 0 Å². The Morgan fingerprint density at radius 2 is 1.97 bits per heavy atom. The number of ether oxygens (including phenoxy) is 2. The molecule has 158 valence electrons. The van der Waals surface area contributed by atoms with Gasteiger partial charge in [-0.15, -0.1) is 0 Å². The van der Waals surface area contributed by atoms with Crippen molar-refractivity contribution >= 4 is 39.2 Å². The number of urea groups is 1. The molecule has 1 aromatic carbocycles. The number of benzene rings is 1. The standard InChI is InChI=1S/C18H23N3O6S2/c1-26-11-3-4-12(14(9-11)27-2)21-13-10-28-29-16(13)15(17(21)24)19-18(25)20(5-7-22)6-8-23/h3-4,9-10,15-16,22-23H,5-8H2,1-2H3,(H,19,25). The zero-order chi connectivity index (χ0) is 21.0. The average molecular weight is 442 g/mol. The quantitative estimate of drug-likeness (QED) is 0.513. The van der Waals surface area contributed by atoms with Crippen molar-refractivity contribution in [2.24, 2.45) is 0 Å². The van der Waals surface area contributed by atoms with E-state index in [1.54, 1.807) is 30.2 Å². The second kappa shape index (κ2) is 9.61. The van der Waals surface area contributed by atoms with Crippen molar-refractivity contribution in [3.05, 3.63) is 29.3 Å². The number of aliphatic hydroxyl groups is 2. The highest BCUT2D eigenvalue weighted by molar-refractivity contribution is 8.78. The Balaban J connectivity index is 1.87. The van der Waals surface area contributed by atoms with Crippen LogP contribution in [0.15, 0.2) is 29.3 Å². The van der Waals surface area contributed by atoms with Crippen LogP contribution in [-0.2, 0) is 4.79 Å². The van der Waals surface area contributed by atoms with Crippen molar-refractivity contribution in [1.82, 2.24) is 10.2 Å². The molecule has 0 spiro atoms. The van der Waals surface area contributed by atoms with Gasteiger partial charge in [0, 0.05) is 30.3 Å². The Morgan fingerprint density at radius 1 is 1.24 bits per heavy atom. The molecular formula is C18H23N3O6S2. The van der Waals surface area contributed by atoms with E-state index >= 15 is 0 Å². The molecule has 9 nitrogen and oxygen atoms in total. The van der Waals surface area contributed by atoms with E-state index in [9.17, 15) is 9.59 Å². The maximum Gasteiger partial charge on any atom is 0.318 e. The number of anilines is 1. The number of methoxy groups -OCH3 is 2. The normalized spacial score (nSPS) is 20.3. The van der Waals surface area contributed by atoms with Gasteiger partial charge in [0.05, 0.1) is 38.4 Å². The highest BCUT2D eigenvalue weighted by atomic mass is 33.1. The van der Waals surface area contributed by atoms with E-state index in [1.165, 1.54) is 33.6 Å². The van der Waals surface area contributed by atoms with Gasteiger partial charge in [-0.3, -0.25) is 9.69 Å². The largest absolute Gasteiger partial charge is 0.497 e. The van der Waals surface area contributed by atoms with Crippen molar-refractivity contribution < 1.29 is 29.3 Å². The van der Waals surface area contributed by atoms with Gasteiger partial charge >= 0.3 is 6.03 Å². The van der Waals surface area contributed by atoms with Crippen LogP contribution >= 0.6 is 21.6 Å². The van der Waals surface area contributed by atoms with E-state index in [-0.39, 0.29) is 37.5 Å². The van der Waals surface area contributed by atoms with E-state index in [4.69, 9.17) is 19.7 Å². The Bertz CT molecular complexity index is 800. The molecule has 29 heavy (non-hydrogen) atoms. The van der Waals surface area contributed by atoms with Gasteiger partial charge in [-0.05, 0) is 12.1 Å². The zero-order valence-corrected chi connectivity index (χ0v) is 17.7. The van der Waals surface area contributed by atoms with Crippen LogP contribution in [0.1, 0.15) is 0 Å². The molecule has 0 radical (unpaired) electrons. The van der Waals surface area contributed by atoms with Crippen LogP contribution in [0.3, 0.4) is 0 Å². The molecule has 0 bridgehead atoms. The van der Waals surface area contributed by atoms with Crippen LogP contribution in [-0.4, -0.2) is 78.9 Å². The maximum absolute atomic E-state index is 13.3. The third-order valence-electron chi connectivity index (χ3n) is 4.60. The van der Waals surface area contributed by atoms with Gasteiger partial charge in [0.15, 0.2) is 0 Å². The molecule has 3 amide bonds. The fraction of sp³-hybridized carbons (Fsp3) is 0.444. The molecule has 1 fully saturated rings. The Labute approximate surface area is 176 Å². The van der Waals surface area contributed by atoms with Gasteiger partial charge in [-0.1, -0.05) is 21.6 Å². The molecule has 2 atom stereocenters. The van der Waals surface area contributed by atoms with Gasteiger partial charge in [0.25, 0.3) is 5.91 Å². The van der Waals surface area contributed by atoms with Crippen LogP contribution in [0, 0.1) is 0 Å². The van der Waals surface area contributed by atoms with E-state index in [0.29, 0.717) is 17.2 Å². The van der Waals surface area contributed by atoms with E-state index in [1.807, 2.05) is 5.41 Å². The Kier molecular flexibility index (Phi) is 7.17. The number of hydrogen-bond acceptors (Lipinski definition) is 8. The summed E-state index contributed by atoms with van der Waals surface area (Å²) in [6.07, 6.45) is 0. The third-order valence-corrected chi connectivity index (χ3v) is 7.01. The molecule has 1 aromatic rings. The van der Waals surface area contributed by atoms with Crippen molar-refractivity contribution in [3.8, 4) is 11.5 Å². The van der Waals surface area contributed by atoms with E-state index in [2.05, 4.69) is 5.32 Å². The topological polar surface area (TPSA) is 112 Å². The van der Waals surface area contributed by atoms with Gasteiger partial charge in [-0.25, -0.2) is 4.79 Å². The predicted octanol–water partition coefficient (Wildman–Crippen LogP) is 1.02. The molecule has 3 rings (SSSR count). The summed E-state index contributed by atoms with van der Waals surface area (Å²) in [7, 11) is 6.05. The number of carbonyl (C=O) groups is 2. The second-order valence-corrected chi connectivity index (χ2v) is 8.51. The third kappa shape index (κ3) is 4.27. The summed E-state index contributed by atoms with van der Waals surface area (Å²) in [6, 6.07) is 3.90.